The number of hydrogen-bond donors (Lipinski definition) is 1. The van der Waals surface area contributed by atoms with Crippen molar-refractivity contribution in [3.63, 3.8) is 0 Å². The van der Waals surface area contributed by atoms with E-state index in [0.717, 1.165) is 48.1 Å². The number of thiazole rings is 1. The molecule has 0 aliphatic carbocycles. The van der Waals surface area contributed by atoms with Crippen molar-refractivity contribution < 1.29 is 9.21 Å². The first-order valence-corrected chi connectivity index (χ1v) is 8.55. The smallest absolute Gasteiger partial charge is 0.273 e. The lowest BCUT2D eigenvalue weighted by molar-refractivity contribution is 0.0686. The maximum Gasteiger partial charge on any atom is 0.273 e. The fourth-order valence-electron chi connectivity index (χ4n) is 2.83. The predicted octanol–water partition coefficient (Wildman–Crippen LogP) is 2.93. The summed E-state index contributed by atoms with van der Waals surface area (Å²) in [7, 11) is 0. The fraction of sp³-hybridized carbons (Fsp3) is 0.500. The number of aromatic nitrogens is 1. The van der Waals surface area contributed by atoms with E-state index in [4.69, 9.17) is 4.42 Å². The van der Waals surface area contributed by atoms with Crippen LogP contribution in [-0.4, -0.2) is 41.5 Å². The molecule has 1 aliphatic heterocycles. The van der Waals surface area contributed by atoms with Crippen LogP contribution >= 0.6 is 11.3 Å². The molecule has 1 atom stereocenters. The maximum atomic E-state index is 12.9. The number of carbonyl (C=O) groups is 1. The summed E-state index contributed by atoms with van der Waals surface area (Å²) in [5.41, 5.74) is 0.566. The Hall–Kier alpha value is -1.66. The average molecular weight is 319 g/mol. The Bertz CT molecular complexity index is 630. The summed E-state index contributed by atoms with van der Waals surface area (Å²) >= 11 is 1.51. The molecule has 0 saturated carbocycles. The Labute approximate surface area is 134 Å². The van der Waals surface area contributed by atoms with E-state index in [0.29, 0.717) is 5.69 Å². The molecule has 2 aromatic rings. The third-order valence-electron chi connectivity index (χ3n) is 3.93. The molecule has 2 aromatic heterocycles. The lowest BCUT2D eigenvalue weighted by Gasteiger charge is -2.27. The van der Waals surface area contributed by atoms with Gasteiger partial charge in [0, 0.05) is 24.0 Å². The number of aryl methyl sites for hydroxylation is 1. The van der Waals surface area contributed by atoms with E-state index in [-0.39, 0.29) is 11.9 Å². The molecule has 0 spiro atoms. The summed E-state index contributed by atoms with van der Waals surface area (Å²) in [6.07, 6.45) is 3.59. The molecule has 22 heavy (non-hydrogen) atoms. The Morgan fingerprint density at radius 1 is 1.59 bits per heavy atom. The number of rotatable bonds is 5. The van der Waals surface area contributed by atoms with E-state index in [2.05, 4.69) is 17.2 Å². The zero-order valence-corrected chi connectivity index (χ0v) is 13.8. The Balaban J connectivity index is 1.86. The summed E-state index contributed by atoms with van der Waals surface area (Å²) in [6.45, 7) is 6.68. The molecule has 1 aliphatic rings. The minimum atomic E-state index is 0.0436. The van der Waals surface area contributed by atoms with E-state index >= 15 is 0 Å². The second-order valence-corrected chi connectivity index (χ2v) is 6.75. The van der Waals surface area contributed by atoms with Crippen molar-refractivity contribution in [3.8, 4) is 10.8 Å². The van der Waals surface area contributed by atoms with Gasteiger partial charge in [-0.3, -0.25) is 4.79 Å². The van der Waals surface area contributed by atoms with Crippen molar-refractivity contribution >= 4 is 17.2 Å². The highest BCUT2D eigenvalue weighted by molar-refractivity contribution is 7.15. The fourth-order valence-corrected chi connectivity index (χ4v) is 3.71. The third-order valence-corrected chi connectivity index (χ3v) is 4.92. The highest BCUT2D eigenvalue weighted by Gasteiger charge is 2.29. The van der Waals surface area contributed by atoms with Crippen molar-refractivity contribution in [1.29, 1.82) is 0 Å². The van der Waals surface area contributed by atoms with Crippen LogP contribution in [0.1, 0.15) is 35.1 Å². The van der Waals surface area contributed by atoms with Crippen LogP contribution in [0.3, 0.4) is 0 Å². The minimum Gasteiger partial charge on any atom is -0.462 e. The van der Waals surface area contributed by atoms with Crippen LogP contribution in [0.15, 0.2) is 22.8 Å². The topological polar surface area (TPSA) is 58.4 Å². The second kappa shape index (κ2) is 6.62. The van der Waals surface area contributed by atoms with Gasteiger partial charge in [0.1, 0.15) is 5.69 Å². The van der Waals surface area contributed by atoms with E-state index < -0.39 is 0 Å². The summed E-state index contributed by atoms with van der Waals surface area (Å²) in [5.74, 6) is 0.763. The SMILES string of the molecule is CCCN(C(=O)c1nc(-c2ccco2)sc1C)C1CCNC1. The third kappa shape index (κ3) is 2.94. The van der Waals surface area contributed by atoms with Gasteiger partial charge < -0.3 is 14.6 Å². The zero-order chi connectivity index (χ0) is 15.5. The van der Waals surface area contributed by atoms with Crippen LogP contribution in [0.4, 0.5) is 0 Å². The Morgan fingerprint density at radius 3 is 3.09 bits per heavy atom. The summed E-state index contributed by atoms with van der Waals surface area (Å²) in [6, 6.07) is 3.99. The van der Waals surface area contributed by atoms with Crippen LogP contribution in [-0.2, 0) is 0 Å². The molecule has 6 heteroatoms. The molecule has 5 nitrogen and oxygen atoms in total. The van der Waals surface area contributed by atoms with Crippen LogP contribution in [0.5, 0.6) is 0 Å². The van der Waals surface area contributed by atoms with Crippen LogP contribution in [0.2, 0.25) is 0 Å². The number of nitrogens with one attached hydrogen (secondary N) is 1. The predicted molar refractivity (Wildman–Crippen MR) is 87.2 cm³/mol. The summed E-state index contributed by atoms with van der Waals surface area (Å²) in [5, 5.41) is 4.10. The largest absolute Gasteiger partial charge is 0.462 e. The maximum absolute atomic E-state index is 12.9. The first-order chi connectivity index (χ1) is 10.7. The lowest BCUT2D eigenvalue weighted by atomic mass is 10.2. The number of hydrogen-bond acceptors (Lipinski definition) is 5. The standard InChI is InChI=1S/C16H21N3O2S/c1-3-8-19(12-6-7-17-10-12)16(20)14-11(2)22-15(18-14)13-5-4-9-21-13/h4-5,9,12,17H,3,6-8,10H2,1-2H3. The molecular weight excluding hydrogens is 298 g/mol. The Morgan fingerprint density at radius 2 is 2.45 bits per heavy atom. The van der Waals surface area contributed by atoms with Gasteiger partial charge >= 0.3 is 0 Å². The number of furan rings is 1. The van der Waals surface area contributed by atoms with Crippen LogP contribution in [0, 0.1) is 6.92 Å². The van der Waals surface area contributed by atoms with Gasteiger partial charge in [-0.25, -0.2) is 4.98 Å². The molecule has 3 heterocycles. The molecule has 3 rings (SSSR count). The lowest BCUT2D eigenvalue weighted by Crippen LogP contribution is -2.42. The van der Waals surface area contributed by atoms with E-state index in [1.165, 1.54) is 11.3 Å². The molecule has 1 N–H and O–H groups in total. The Kier molecular flexibility index (Phi) is 4.59. The average Bonchev–Trinajstić information content (AvgIpc) is 3.24. The van der Waals surface area contributed by atoms with Gasteiger partial charge in [-0.2, -0.15) is 0 Å². The number of carbonyl (C=O) groups excluding carboxylic acids is 1. The zero-order valence-electron chi connectivity index (χ0n) is 13.0. The molecule has 1 fully saturated rings. The molecule has 1 amide bonds. The van der Waals surface area contributed by atoms with E-state index in [1.807, 2.05) is 24.0 Å². The van der Waals surface area contributed by atoms with Gasteiger partial charge in [0.25, 0.3) is 5.91 Å². The van der Waals surface area contributed by atoms with Crippen molar-refractivity contribution in [2.45, 2.75) is 32.7 Å². The normalized spacial score (nSPS) is 17.8. The van der Waals surface area contributed by atoms with Crippen molar-refractivity contribution in [3.05, 3.63) is 29.0 Å². The number of amides is 1. The van der Waals surface area contributed by atoms with E-state index in [1.54, 1.807) is 6.26 Å². The van der Waals surface area contributed by atoms with Gasteiger partial charge in [-0.05, 0) is 38.4 Å². The quantitative estimate of drug-likeness (QED) is 0.920. The van der Waals surface area contributed by atoms with Gasteiger partial charge in [-0.15, -0.1) is 11.3 Å². The molecule has 1 saturated heterocycles. The summed E-state index contributed by atoms with van der Waals surface area (Å²) < 4.78 is 5.39. The van der Waals surface area contributed by atoms with Gasteiger partial charge in [0.05, 0.1) is 6.26 Å². The first-order valence-electron chi connectivity index (χ1n) is 7.73. The van der Waals surface area contributed by atoms with Crippen LogP contribution in [0.25, 0.3) is 10.8 Å². The molecular formula is C16H21N3O2S. The van der Waals surface area contributed by atoms with Crippen molar-refractivity contribution in [1.82, 2.24) is 15.2 Å². The van der Waals surface area contributed by atoms with Gasteiger partial charge in [0.2, 0.25) is 0 Å². The molecule has 1 unspecified atom stereocenters. The first kappa shape index (κ1) is 15.2. The van der Waals surface area contributed by atoms with Crippen molar-refractivity contribution in [2.24, 2.45) is 0 Å². The van der Waals surface area contributed by atoms with E-state index in [9.17, 15) is 4.79 Å². The highest BCUT2D eigenvalue weighted by atomic mass is 32.1. The monoisotopic (exact) mass is 319 g/mol. The molecule has 0 bridgehead atoms. The highest BCUT2D eigenvalue weighted by Crippen LogP contribution is 2.29. The number of nitrogens with zero attached hydrogens (tertiary/aromatic N) is 2. The van der Waals surface area contributed by atoms with Gasteiger partial charge in [-0.1, -0.05) is 6.92 Å². The second-order valence-electron chi connectivity index (χ2n) is 5.55. The minimum absolute atomic E-state index is 0.0436. The van der Waals surface area contributed by atoms with Crippen LogP contribution < -0.4 is 5.32 Å². The molecule has 118 valence electrons. The summed E-state index contributed by atoms with van der Waals surface area (Å²) in [4.78, 5) is 20.4. The van der Waals surface area contributed by atoms with Crippen molar-refractivity contribution in [2.75, 3.05) is 19.6 Å². The van der Waals surface area contributed by atoms with Gasteiger partial charge in [0.15, 0.2) is 10.8 Å². The molecule has 0 aromatic carbocycles. The molecule has 0 radical (unpaired) electrons.